The molecule has 6 nitrogen and oxygen atoms in total. The monoisotopic (exact) mass is 357 g/mol. The summed E-state index contributed by atoms with van der Waals surface area (Å²) in [7, 11) is 1.26. The van der Waals surface area contributed by atoms with E-state index in [2.05, 4.69) is 14.9 Å². The number of para-hydroxylation sites is 1. The number of aromatic nitrogens is 2. The summed E-state index contributed by atoms with van der Waals surface area (Å²) in [6.07, 6.45) is 0. The molecule has 1 aromatic heterocycles. The van der Waals surface area contributed by atoms with Crippen molar-refractivity contribution in [2.75, 3.05) is 12.4 Å². The lowest BCUT2D eigenvalue weighted by Crippen LogP contribution is -2.15. The minimum absolute atomic E-state index is 0.235. The predicted octanol–water partition coefficient (Wildman–Crippen LogP) is 3.38. The van der Waals surface area contributed by atoms with Gasteiger partial charge in [-0.2, -0.15) is 0 Å². The van der Waals surface area contributed by atoms with Crippen molar-refractivity contribution in [1.82, 2.24) is 9.59 Å². The fraction of sp³-hybridized carbons (Fsp3) is 0.0588. The topological polar surface area (TPSA) is 81.2 Å². The van der Waals surface area contributed by atoms with Crippen LogP contribution in [0.2, 0.25) is 0 Å². The van der Waals surface area contributed by atoms with Gasteiger partial charge in [-0.15, -0.1) is 5.10 Å². The third kappa shape index (κ3) is 3.53. The number of rotatable bonds is 4. The smallest absolute Gasteiger partial charge is 0.339 e. The zero-order valence-electron chi connectivity index (χ0n) is 13.0. The minimum Gasteiger partial charge on any atom is -0.465 e. The Morgan fingerprint density at radius 1 is 1.12 bits per heavy atom. The maximum Gasteiger partial charge on any atom is 0.339 e. The van der Waals surface area contributed by atoms with E-state index in [0.29, 0.717) is 16.9 Å². The van der Waals surface area contributed by atoms with E-state index in [1.54, 1.807) is 24.3 Å². The van der Waals surface area contributed by atoms with Gasteiger partial charge in [0.25, 0.3) is 5.91 Å². The van der Waals surface area contributed by atoms with Crippen molar-refractivity contribution in [3.05, 3.63) is 64.8 Å². The summed E-state index contributed by atoms with van der Waals surface area (Å²) in [5.41, 5.74) is 1.47. The molecule has 1 N–H and O–H groups in total. The number of nitrogens with zero attached hydrogens (tertiary/aromatic N) is 2. The third-order valence-corrected chi connectivity index (χ3v) is 4.12. The number of amides is 1. The molecule has 0 atom stereocenters. The highest BCUT2D eigenvalue weighted by Crippen LogP contribution is 2.26. The Kier molecular flexibility index (Phi) is 4.80. The molecule has 0 aliphatic carbocycles. The van der Waals surface area contributed by atoms with E-state index in [9.17, 15) is 14.0 Å². The number of ether oxygens (including phenoxy) is 1. The Morgan fingerprint density at radius 3 is 2.56 bits per heavy atom. The van der Waals surface area contributed by atoms with Gasteiger partial charge in [-0.05, 0) is 47.9 Å². The number of hydrogen-bond donors (Lipinski definition) is 1. The van der Waals surface area contributed by atoms with Crippen molar-refractivity contribution in [2.45, 2.75) is 0 Å². The van der Waals surface area contributed by atoms with E-state index in [1.165, 1.54) is 31.4 Å². The summed E-state index contributed by atoms with van der Waals surface area (Å²) >= 11 is 0.913. The molecule has 25 heavy (non-hydrogen) atoms. The average molecular weight is 357 g/mol. The number of nitrogens with one attached hydrogen (secondary N) is 1. The number of halogens is 1. The molecule has 0 saturated carbocycles. The molecule has 126 valence electrons. The van der Waals surface area contributed by atoms with Gasteiger partial charge in [0.1, 0.15) is 16.4 Å². The first-order chi connectivity index (χ1) is 12.1. The number of hydrogen-bond acceptors (Lipinski definition) is 6. The quantitative estimate of drug-likeness (QED) is 0.724. The zero-order valence-corrected chi connectivity index (χ0v) is 13.8. The Balaban J connectivity index is 1.90. The van der Waals surface area contributed by atoms with Gasteiger partial charge in [0.05, 0.1) is 18.4 Å². The SMILES string of the molecule is COC(=O)c1ccccc1NC(=O)c1snnc1-c1ccc(F)cc1. The summed E-state index contributed by atoms with van der Waals surface area (Å²) in [4.78, 5) is 24.6. The van der Waals surface area contributed by atoms with Crippen LogP contribution in [0.15, 0.2) is 48.5 Å². The van der Waals surface area contributed by atoms with Gasteiger partial charge in [-0.25, -0.2) is 9.18 Å². The molecular formula is C17H12FN3O3S. The Bertz CT molecular complexity index is 925. The molecule has 0 bridgehead atoms. The molecule has 1 heterocycles. The molecule has 0 unspecified atom stereocenters. The van der Waals surface area contributed by atoms with E-state index >= 15 is 0 Å². The van der Waals surface area contributed by atoms with E-state index in [0.717, 1.165) is 11.5 Å². The van der Waals surface area contributed by atoms with Crippen LogP contribution in [-0.4, -0.2) is 28.6 Å². The van der Waals surface area contributed by atoms with Gasteiger partial charge in [-0.1, -0.05) is 16.6 Å². The number of methoxy groups -OCH3 is 1. The van der Waals surface area contributed by atoms with E-state index in [-0.39, 0.29) is 16.3 Å². The lowest BCUT2D eigenvalue weighted by Gasteiger charge is -2.09. The normalized spacial score (nSPS) is 10.3. The van der Waals surface area contributed by atoms with Crippen LogP contribution in [0.25, 0.3) is 11.3 Å². The van der Waals surface area contributed by atoms with Crippen LogP contribution < -0.4 is 5.32 Å². The standard InChI is InChI=1S/C17H12FN3O3S/c1-24-17(23)12-4-2-3-5-13(12)19-16(22)15-14(20-21-25-15)10-6-8-11(18)9-7-10/h2-9H,1H3,(H,19,22). The van der Waals surface area contributed by atoms with E-state index < -0.39 is 11.9 Å². The lowest BCUT2D eigenvalue weighted by atomic mass is 10.1. The second-order valence-corrected chi connectivity index (χ2v) is 5.70. The van der Waals surface area contributed by atoms with Gasteiger partial charge in [0.15, 0.2) is 0 Å². The number of carbonyl (C=O) groups is 2. The Hall–Kier alpha value is -3.13. The van der Waals surface area contributed by atoms with Gasteiger partial charge >= 0.3 is 5.97 Å². The minimum atomic E-state index is -0.558. The molecule has 0 aliphatic rings. The Morgan fingerprint density at radius 2 is 1.84 bits per heavy atom. The molecule has 0 saturated heterocycles. The molecule has 3 rings (SSSR count). The van der Waals surface area contributed by atoms with Gasteiger partial charge in [0, 0.05) is 5.56 Å². The highest BCUT2D eigenvalue weighted by atomic mass is 32.1. The summed E-state index contributed by atoms with van der Waals surface area (Å²) in [5, 5.41) is 6.61. The second-order valence-electron chi connectivity index (χ2n) is 4.95. The molecule has 0 aliphatic heterocycles. The number of carbonyl (C=O) groups excluding carboxylic acids is 2. The zero-order chi connectivity index (χ0) is 17.8. The number of benzene rings is 2. The van der Waals surface area contributed by atoms with Crippen molar-refractivity contribution < 1.29 is 18.7 Å². The maximum absolute atomic E-state index is 13.1. The molecular weight excluding hydrogens is 345 g/mol. The lowest BCUT2D eigenvalue weighted by molar-refractivity contribution is 0.0602. The number of anilines is 1. The van der Waals surface area contributed by atoms with Crippen molar-refractivity contribution in [3.63, 3.8) is 0 Å². The molecule has 0 spiro atoms. The summed E-state index contributed by atoms with van der Waals surface area (Å²) in [6.45, 7) is 0. The van der Waals surface area contributed by atoms with Gasteiger partial charge < -0.3 is 10.1 Å². The molecule has 2 aromatic carbocycles. The summed E-state index contributed by atoms with van der Waals surface area (Å²) < 4.78 is 21.6. The van der Waals surface area contributed by atoms with Crippen LogP contribution in [0.4, 0.5) is 10.1 Å². The fourth-order valence-corrected chi connectivity index (χ4v) is 2.78. The first-order valence-corrected chi connectivity index (χ1v) is 7.94. The molecule has 0 radical (unpaired) electrons. The van der Waals surface area contributed by atoms with Crippen LogP contribution >= 0.6 is 11.5 Å². The first-order valence-electron chi connectivity index (χ1n) is 7.17. The predicted molar refractivity (Wildman–Crippen MR) is 91.0 cm³/mol. The van der Waals surface area contributed by atoms with Crippen LogP contribution in [0.3, 0.4) is 0 Å². The van der Waals surface area contributed by atoms with Crippen LogP contribution in [0.5, 0.6) is 0 Å². The van der Waals surface area contributed by atoms with E-state index in [1.807, 2.05) is 0 Å². The molecule has 3 aromatic rings. The highest BCUT2D eigenvalue weighted by Gasteiger charge is 2.20. The van der Waals surface area contributed by atoms with Crippen LogP contribution in [0, 0.1) is 5.82 Å². The van der Waals surface area contributed by atoms with Gasteiger partial charge in [0.2, 0.25) is 0 Å². The summed E-state index contributed by atoms with van der Waals surface area (Å²) in [6, 6.07) is 12.1. The highest BCUT2D eigenvalue weighted by molar-refractivity contribution is 7.08. The number of esters is 1. The van der Waals surface area contributed by atoms with Crippen molar-refractivity contribution in [1.29, 1.82) is 0 Å². The molecule has 1 amide bonds. The van der Waals surface area contributed by atoms with E-state index in [4.69, 9.17) is 4.74 Å². The largest absolute Gasteiger partial charge is 0.465 e. The van der Waals surface area contributed by atoms with Crippen molar-refractivity contribution >= 4 is 29.1 Å². The van der Waals surface area contributed by atoms with Crippen LogP contribution in [0.1, 0.15) is 20.0 Å². The van der Waals surface area contributed by atoms with Crippen molar-refractivity contribution in [2.24, 2.45) is 0 Å². The molecule has 8 heteroatoms. The summed E-state index contributed by atoms with van der Waals surface area (Å²) in [5.74, 6) is -1.41. The molecule has 0 fully saturated rings. The Labute approximate surface area is 146 Å². The van der Waals surface area contributed by atoms with Crippen molar-refractivity contribution in [3.8, 4) is 11.3 Å². The maximum atomic E-state index is 13.1. The van der Waals surface area contributed by atoms with Crippen LogP contribution in [-0.2, 0) is 4.74 Å². The average Bonchev–Trinajstić information content (AvgIpc) is 3.12. The van der Waals surface area contributed by atoms with Gasteiger partial charge in [-0.3, -0.25) is 4.79 Å². The third-order valence-electron chi connectivity index (χ3n) is 3.39. The fourth-order valence-electron chi connectivity index (χ4n) is 2.20. The second kappa shape index (κ2) is 7.18. The first kappa shape index (κ1) is 16.7.